The highest BCUT2D eigenvalue weighted by molar-refractivity contribution is 5.17. The van der Waals surface area contributed by atoms with Gasteiger partial charge in [0, 0.05) is 37.8 Å². The topological polar surface area (TPSA) is 47.1 Å². The van der Waals surface area contributed by atoms with Crippen LogP contribution in [0.5, 0.6) is 0 Å². The molecule has 1 rings (SSSR count). The standard InChI is InChI=1S/C9H18N4/c1-12(2)5-4-9-8(6-10)7-11-13(9)3/h7H,4-6,10H2,1-3H3. The van der Waals surface area contributed by atoms with Crippen LogP contribution in [0.25, 0.3) is 0 Å². The maximum Gasteiger partial charge on any atom is 0.0537 e. The summed E-state index contributed by atoms with van der Waals surface area (Å²) in [4.78, 5) is 2.16. The molecule has 0 spiro atoms. The molecule has 1 aromatic rings. The summed E-state index contributed by atoms with van der Waals surface area (Å²) in [6, 6.07) is 0. The van der Waals surface area contributed by atoms with Crippen LogP contribution in [0.1, 0.15) is 11.3 Å². The molecule has 4 heteroatoms. The summed E-state index contributed by atoms with van der Waals surface area (Å²) in [7, 11) is 6.10. The van der Waals surface area contributed by atoms with Crippen molar-refractivity contribution in [2.24, 2.45) is 12.8 Å². The van der Waals surface area contributed by atoms with Gasteiger partial charge in [0.05, 0.1) is 6.20 Å². The number of hydrogen-bond donors (Lipinski definition) is 1. The fourth-order valence-corrected chi connectivity index (χ4v) is 1.33. The fourth-order valence-electron chi connectivity index (χ4n) is 1.33. The minimum absolute atomic E-state index is 0.580. The van der Waals surface area contributed by atoms with Gasteiger partial charge in [0.15, 0.2) is 0 Å². The van der Waals surface area contributed by atoms with E-state index in [0.717, 1.165) is 18.5 Å². The van der Waals surface area contributed by atoms with E-state index in [0.29, 0.717) is 6.54 Å². The first-order chi connectivity index (χ1) is 6.15. The molecule has 0 fully saturated rings. The highest BCUT2D eigenvalue weighted by Gasteiger charge is 2.06. The molecule has 0 saturated heterocycles. The Morgan fingerprint density at radius 3 is 2.77 bits per heavy atom. The Morgan fingerprint density at radius 2 is 2.23 bits per heavy atom. The van der Waals surface area contributed by atoms with Gasteiger partial charge in [-0.2, -0.15) is 5.10 Å². The zero-order chi connectivity index (χ0) is 9.84. The third-order valence-corrected chi connectivity index (χ3v) is 2.16. The Balaban J connectivity index is 2.68. The molecule has 0 radical (unpaired) electrons. The summed E-state index contributed by atoms with van der Waals surface area (Å²) in [6.07, 6.45) is 2.86. The van der Waals surface area contributed by atoms with Crippen LogP contribution in [0, 0.1) is 0 Å². The number of nitrogens with zero attached hydrogens (tertiary/aromatic N) is 3. The minimum Gasteiger partial charge on any atom is -0.326 e. The molecule has 0 aliphatic heterocycles. The van der Waals surface area contributed by atoms with Gasteiger partial charge in [-0.25, -0.2) is 0 Å². The highest BCUT2D eigenvalue weighted by atomic mass is 15.3. The van der Waals surface area contributed by atoms with Gasteiger partial charge in [-0.05, 0) is 14.1 Å². The summed E-state index contributed by atoms with van der Waals surface area (Å²) in [6.45, 7) is 1.61. The molecular weight excluding hydrogens is 164 g/mol. The van der Waals surface area contributed by atoms with E-state index in [1.165, 1.54) is 5.69 Å². The Labute approximate surface area is 79.3 Å². The monoisotopic (exact) mass is 182 g/mol. The molecule has 0 aliphatic carbocycles. The van der Waals surface area contributed by atoms with Crippen molar-refractivity contribution in [2.75, 3.05) is 20.6 Å². The largest absolute Gasteiger partial charge is 0.326 e. The van der Waals surface area contributed by atoms with Gasteiger partial charge >= 0.3 is 0 Å². The van der Waals surface area contributed by atoms with E-state index in [4.69, 9.17) is 5.73 Å². The molecule has 0 unspecified atom stereocenters. The van der Waals surface area contributed by atoms with E-state index >= 15 is 0 Å². The predicted molar refractivity (Wildman–Crippen MR) is 53.4 cm³/mol. The Bertz CT molecular complexity index is 265. The van der Waals surface area contributed by atoms with Crippen LogP contribution < -0.4 is 5.73 Å². The molecule has 0 atom stereocenters. The van der Waals surface area contributed by atoms with Gasteiger partial charge in [0.1, 0.15) is 0 Å². The van der Waals surface area contributed by atoms with Crippen LogP contribution in [-0.2, 0) is 20.0 Å². The molecule has 0 amide bonds. The van der Waals surface area contributed by atoms with E-state index in [1.807, 2.05) is 17.9 Å². The molecule has 0 aliphatic rings. The molecule has 4 nitrogen and oxygen atoms in total. The molecule has 0 aromatic carbocycles. The second kappa shape index (κ2) is 4.39. The average Bonchev–Trinajstić information content (AvgIpc) is 2.43. The highest BCUT2D eigenvalue weighted by Crippen LogP contribution is 2.07. The first-order valence-electron chi connectivity index (χ1n) is 4.49. The summed E-state index contributed by atoms with van der Waals surface area (Å²) in [5.74, 6) is 0. The maximum absolute atomic E-state index is 5.60. The van der Waals surface area contributed by atoms with Gasteiger partial charge in [0.25, 0.3) is 0 Å². The SMILES string of the molecule is CN(C)CCc1c(CN)cnn1C. The second-order valence-electron chi connectivity index (χ2n) is 3.50. The van der Waals surface area contributed by atoms with Crippen LogP contribution in [0.4, 0.5) is 0 Å². The summed E-state index contributed by atoms with van der Waals surface area (Å²) >= 11 is 0. The van der Waals surface area contributed by atoms with Crippen LogP contribution in [0.2, 0.25) is 0 Å². The number of hydrogen-bond acceptors (Lipinski definition) is 3. The third-order valence-electron chi connectivity index (χ3n) is 2.16. The van der Waals surface area contributed by atoms with E-state index < -0.39 is 0 Å². The molecule has 0 saturated carbocycles. The van der Waals surface area contributed by atoms with Crippen molar-refractivity contribution in [1.29, 1.82) is 0 Å². The normalized spacial score (nSPS) is 11.2. The summed E-state index contributed by atoms with van der Waals surface area (Å²) in [5.41, 5.74) is 8.01. The molecule has 13 heavy (non-hydrogen) atoms. The fraction of sp³-hybridized carbons (Fsp3) is 0.667. The van der Waals surface area contributed by atoms with Crippen molar-refractivity contribution < 1.29 is 0 Å². The van der Waals surface area contributed by atoms with Crippen LogP contribution in [0.15, 0.2) is 6.20 Å². The van der Waals surface area contributed by atoms with Gasteiger partial charge in [-0.1, -0.05) is 0 Å². The Hall–Kier alpha value is -0.870. The van der Waals surface area contributed by atoms with Crippen molar-refractivity contribution >= 4 is 0 Å². The number of nitrogens with two attached hydrogens (primary N) is 1. The lowest BCUT2D eigenvalue weighted by Crippen LogP contribution is -2.17. The van der Waals surface area contributed by atoms with E-state index in [-0.39, 0.29) is 0 Å². The van der Waals surface area contributed by atoms with E-state index in [9.17, 15) is 0 Å². The lowest BCUT2D eigenvalue weighted by Gasteiger charge is -2.10. The molecule has 74 valence electrons. The second-order valence-corrected chi connectivity index (χ2v) is 3.50. The molecule has 0 bridgehead atoms. The number of aryl methyl sites for hydroxylation is 1. The van der Waals surface area contributed by atoms with Crippen molar-refractivity contribution in [3.05, 3.63) is 17.5 Å². The van der Waals surface area contributed by atoms with Gasteiger partial charge < -0.3 is 10.6 Å². The number of likely N-dealkylation sites (N-methyl/N-ethyl adjacent to an activating group) is 1. The Kier molecular flexibility index (Phi) is 3.45. The zero-order valence-electron chi connectivity index (χ0n) is 8.62. The maximum atomic E-state index is 5.60. The van der Waals surface area contributed by atoms with Crippen LogP contribution in [0.3, 0.4) is 0 Å². The van der Waals surface area contributed by atoms with Crippen LogP contribution >= 0.6 is 0 Å². The number of aromatic nitrogens is 2. The third kappa shape index (κ3) is 2.54. The molecule has 2 N–H and O–H groups in total. The van der Waals surface area contributed by atoms with Crippen molar-refractivity contribution in [2.45, 2.75) is 13.0 Å². The zero-order valence-corrected chi connectivity index (χ0v) is 8.62. The molecular formula is C9H18N4. The lowest BCUT2D eigenvalue weighted by atomic mass is 10.2. The van der Waals surface area contributed by atoms with Crippen LogP contribution in [-0.4, -0.2) is 35.3 Å². The van der Waals surface area contributed by atoms with Gasteiger partial charge in [-0.3, -0.25) is 4.68 Å². The minimum atomic E-state index is 0.580. The molecule has 1 aromatic heterocycles. The van der Waals surface area contributed by atoms with Crippen molar-refractivity contribution in [1.82, 2.24) is 14.7 Å². The lowest BCUT2D eigenvalue weighted by molar-refractivity contribution is 0.408. The summed E-state index contributed by atoms with van der Waals surface area (Å²) in [5, 5.41) is 4.18. The first kappa shape index (κ1) is 10.2. The molecule has 1 heterocycles. The van der Waals surface area contributed by atoms with E-state index in [1.54, 1.807) is 0 Å². The van der Waals surface area contributed by atoms with E-state index in [2.05, 4.69) is 24.1 Å². The Morgan fingerprint density at radius 1 is 1.54 bits per heavy atom. The summed E-state index contributed by atoms with van der Waals surface area (Å²) < 4.78 is 1.91. The average molecular weight is 182 g/mol. The number of rotatable bonds is 4. The quantitative estimate of drug-likeness (QED) is 0.712. The van der Waals surface area contributed by atoms with Crippen molar-refractivity contribution in [3.8, 4) is 0 Å². The smallest absolute Gasteiger partial charge is 0.0537 e. The predicted octanol–water partition coefficient (Wildman–Crippen LogP) is -0.0171. The van der Waals surface area contributed by atoms with Gasteiger partial charge in [0.2, 0.25) is 0 Å². The first-order valence-corrected chi connectivity index (χ1v) is 4.49. The van der Waals surface area contributed by atoms with Gasteiger partial charge in [-0.15, -0.1) is 0 Å². The van der Waals surface area contributed by atoms with Crippen molar-refractivity contribution in [3.63, 3.8) is 0 Å².